The predicted octanol–water partition coefficient (Wildman–Crippen LogP) is 3.46. The Bertz CT molecular complexity index is 166. The summed E-state index contributed by atoms with van der Waals surface area (Å²) in [5.41, 5.74) is 0. The first-order valence-electron chi connectivity index (χ1n) is 6.39. The summed E-state index contributed by atoms with van der Waals surface area (Å²) >= 11 is 0. The highest BCUT2D eigenvalue weighted by Gasteiger charge is 2.11. The molecule has 0 aliphatic rings. The summed E-state index contributed by atoms with van der Waals surface area (Å²) < 4.78 is 0. The first-order chi connectivity index (χ1) is 7.11. The Labute approximate surface area is 95.0 Å². The van der Waals surface area contributed by atoms with E-state index in [9.17, 15) is 4.79 Å². The number of carbonyl (C=O) groups is 1. The number of rotatable bonds is 8. The number of hydrogen-bond acceptors (Lipinski definition) is 1. The van der Waals surface area contributed by atoms with Gasteiger partial charge < -0.3 is 4.90 Å². The van der Waals surface area contributed by atoms with Crippen LogP contribution in [-0.4, -0.2) is 23.9 Å². The highest BCUT2D eigenvalue weighted by atomic mass is 16.2. The molecule has 15 heavy (non-hydrogen) atoms. The van der Waals surface area contributed by atoms with Crippen LogP contribution >= 0.6 is 0 Å². The molecular formula is C13H27NO. The van der Waals surface area contributed by atoms with E-state index in [0.717, 1.165) is 38.8 Å². The van der Waals surface area contributed by atoms with E-state index in [2.05, 4.69) is 27.7 Å². The number of nitrogens with zero attached hydrogens (tertiary/aromatic N) is 1. The third-order valence-corrected chi connectivity index (χ3v) is 2.57. The van der Waals surface area contributed by atoms with Gasteiger partial charge in [0.25, 0.3) is 0 Å². The minimum Gasteiger partial charge on any atom is -0.343 e. The summed E-state index contributed by atoms with van der Waals surface area (Å²) in [5.74, 6) is 1.02. The Morgan fingerprint density at radius 3 is 2.27 bits per heavy atom. The molecule has 0 saturated carbocycles. The minimum absolute atomic E-state index is 0.339. The number of carbonyl (C=O) groups excluding carboxylic acids is 1. The van der Waals surface area contributed by atoms with Gasteiger partial charge in [0.2, 0.25) is 5.91 Å². The molecule has 0 rings (SSSR count). The van der Waals surface area contributed by atoms with Crippen LogP contribution in [0.2, 0.25) is 0 Å². The van der Waals surface area contributed by atoms with E-state index in [1.54, 1.807) is 0 Å². The van der Waals surface area contributed by atoms with E-state index in [1.165, 1.54) is 0 Å². The van der Waals surface area contributed by atoms with Gasteiger partial charge in [-0.3, -0.25) is 4.79 Å². The van der Waals surface area contributed by atoms with Gasteiger partial charge in [-0.25, -0.2) is 0 Å². The lowest BCUT2D eigenvalue weighted by Gasteiger charge is -2.23. The third kappa shape index (κ3) is 7.40. The average molecular weight is 213 g/mol. The van der Waals surface area contributed by atoms with Crippen LogP contribution in [0.3, 0.4) is 0 Å². The second-order valence-electron chi connectivity index (χ2n) is 4.67. The Hall–Kier alpha value is -0.530. The molecule has 0 N–H and O–H groups in total. The standard InChI is InChI=1S/C13H27NO/c1-5-7-10-14(11-9-12(3)4)13(15)8-6-2/h12H,5-11H2,1-4H3. The van der Waals surface area contributed by atoms with Crippen molar-refractivity contribution in [3.8, 4) is 0 Å². The summed E-state index contributed by atoms with van der Waals surface area (Å²) in [6.45, 7) is 10.5. The van der Waals surface area contributed by atoms with Crippen molar-refractivity contribution in [2.75, 3.05) is 13.1 Å². The highest BCUT2D eigenvalue weighted by molar-refractivity contribution is 5.76. The molecule has 0 aromatic heterocycles. The van der Waals surface area contributed by atoms with Crippen LogP contribution in [0.25, 0.3) is 0 Å². The zero-order valence-corrected chi connectivity index (χ0v) is 10.9. The summed E-state index contributed by atoms with van der Waals surface area (Å²) in [4.78, 5) is 13.8. The Morgan fingerprint density at radius 2 is 1.80 bits per heavy atom. The van der Waals surface area contributed by atoms with Crippen molar-refractivity contribution in [3.05, 3.63) is 0 Å². The smallest absolute Gasteiger partial charge is 0.222 e. The molecule has 0 bridgehead atoms. The molecule has 2 nitrogen and oxygen atoms in total. The molecule has 0 spiro atoms. The van der Waals surface area contributed by atoms with Crippen molar-refractivity contribution in [3.63, 3.8) is 0 Å². The molecule has 0 unspecified atom stereocenters. The van der Waals surface area contributed by atoms with Crippen LogP contribution in [0.15, 0.2) is 0 Å². The maximum Gasteiger partial charge on any atom is 0.222 e. The highest BCUT2D eigenvalue weighted by Crippen LogP contribution is 2.06. The van der Waals surface area contributed by atoms with Gasteiger partial charge in [-0.15, -0.1) is 0 Å². The summed E-state index contributed by atoms with van der Waals surface area (Å²) in [7, 11) is 0. The molecule has 90 valence electrons. The molecule has 0 saturated heterocycles. The summed E-state index contributed by atoms with van der Waals surface area (Å²) in [6, 6.07) is 0. The van der Waals surface area contributed by atoms with Crippen LogP contribution in [0, 0.1) is 5.92 Å². The molecule has 0 radical (unpaired) electrons. The largest absolute Gasteiger partial charge is 0.343 e. The van der Waals surface area contributed by atoms with Gasteiger partial charge >= 0.3 is 0 Å². The van der Waals surface area contributed by atoms with E-state index >= 15 is 0 Å². The Morgan fingerprint density at radius 1 is 1.13 bits per heavy atom. The molecule has 0 atom stereocenters. The number of unbranched alkanes of at least 4 members (excludes halogenated alkanes) is 1. The molecule has 0 aromatic rings. The van der Waals surface area contributed by atoms with Crippen molar-refractivity contribution in [1.29, 1.82) is 0 Å². The summed E-state index contributed by atoms with van der Waals surface area (Å²) in [6.07, 6.45) is 5.09. The van der Waals surface area contributed by atoms with E-state index < -0.39 is 0 Å². The van der Waals surface area contributed by atoms with Crippen LogP contribution < -0.4 is 0 Å². The number of hydrogen-bond donors (Lipinski definition) is 0. The maximum absolute atomic E-state index is 11.8. The zero-order chi connectivity index (χ0) is 11.7. The minimum atomic E-state index is 0.339. The Balaban J connectivity index is 3.98. The van der Waals surface area contributed by atoms with Gasteiger partial charge in [0.1, 0.15) is 0 Å². The van der Waals surface area contributed by atoms with E-state index in [-0.39, 0.29) is 0 Å². The lowest BCUT2D eigenvalue weighted by molar-refractivity contribution is -0.131. The molecule has 0 aliphatic heterocycles. The van der Waals surface area contributed by atoms with Gasteiger partial charge in [0, 0.05) is 19.5 Å². The molecular weight excluding hydrogens is 186 g/mol. The fourth-order valence-electron chi connectivity index (χ4n) is 1.50. The van der Waals surface area contributed by atoms with Gasteiger partial charge in [-0.05, 0) is 25.2 Å². The van der Waals surface area contributed by atoms with E-state index in [0.29, 0.717) is 18.2 Å². The van der Waals surface area contributed by atoms with Gasteiger partial charge in [-0.1, -0.05) is 34.1 Å². The summed E-state index contributed by atoms with van der Waals surface area (Å²) in [5, 5.41) is 0. The SMILES string of the molecule is CCCCN(CCC(C)C)C(=O)CCC. The van der Waals surface area contributed by atoms with Gasteiger partial charge in [0.05, 0.1) is 0 Å². The van der Waals surface area contributed by atoms with Crippen molar-refractivity contribution in [1.82, 2.24) is 4.90 Å². The molecule has 0 fully saturated rings. The fourth-order valence-corrected chi connectivity index (χ4v) is 1.50. The lowest BCUT2D eigenvalue weighted by Crippen LogP contribution is -2.33. The van der Waals surface area contributed by atoms with Crippen molar-refractivity contribution >= 4 is 5.91 Å². The molecule has 0 aromatic carbocycles. The van der Waals surface area contributed by atoms with Crippen LogP contribution in [0.5, 0.6) is 0 Å². The van der Waals surface area contributed by atoms with Gasteiger partial charge in [0.15, 0.2) is 0 Å². The van der Waals surface area contributed by atoms with Crippen molar-refractivity contribution < 1.29 is 4.79 Å². The van der Waals surface area contributed by atoms with Gasteiger partial charge in [-0.2, -0.15) is 0 Å². The molecule has 2 heteroatoms. The van der Waals surface area contributed by atoms with Crippen molar-refractivity contribution in [2.45, 2.75) is 59.8 Å². The molecule has 0 heterocycles. The monoisotopic (exact) mass is 213 g/mol. The van der Waals surface area contributed by atoms with Crippen LogP contribution in [0.4, 0.5) is 0 Å². The molecule has 0 aliphatic carbocycles. The fraction of sp³-hybridized carbons (Fsp3) is 0.923. The van der Waals surface area contributed by atoms with E-state index in [1.807, 2.05) is 4.90 Å². The topological polar surface area (TPSA) is 20.3 Å². The predicted molar refractivity (Wildman–Crippen MR) is 65.9 cm³/mol. The van der Waals surface area contributed by atoms with E-state index in [4.69, 9.17) is 0 Å². The normalized spacial score (nSPS) is 10.7. The Kier molecular flexibility index (Phi) is 8.44. The van der Waals surface area contributed by atoms with Crippen molar-refractivity contribution in [2.24, 2.45) is 5.92 Å². The third-order valence-electron chi connectivity index (χ3n) is 2.57. The number of amides is 1. The second-order valence-corrected chi connectivity index (χ2v) is 4.67. The molecule has 1 amide bonds. The average Bonchev–Trinajstić information content (AvgIpc) is 2.17. The van der Waals surface area contributed by atoms with Crippen LogP contribution in [0.1, 0.15) is 59.8 Å². The quantitative estimate of drug-likeness (QED) is 0.604. The first-order valence-corrected chi connectivity index (χ1v) is 6.39. The second kappa shape index (κ2) is 8.75. The lowest BCUT2D eigenvalue weighted by atomic mass is 10.1. The maximum atomic E-state index is 11.8. The first kappa shape index (κ1) is 14.5. The van der Waals surface area contributed by atoms with Crippen LogP contribution in [-0.2, 0) is 4.79 Å². The zero-order valence-electron chi connectivity index (χ0n) is 10.9.